The van der Waals surface area contributed by atoms with Gasteiger partial charge in [0.05, 0.1) is 22.6 Å². The fourth-order valence-electron chi connectivity index (χ4n) is 2.99. The molecule has 3 aromatic rings. The number of nitrogens with one attached hydrogen (secondary N) is 2. The molecule has 0 atom stereocenters. The normalized spacial score (nSPS) is 11.0. The highest BCUT2D eigenvalue weighted by Crippen LogP contribution is 2.30. The summed E-state index contributed by atoms with van der Waals surface area (Å²) in [5.41, 5.74) is 0.896. The molecule has 2 N–H and O–H groups in total. The van der Waals surface area contributed by atoms with Crippen LogP contribution in [0.5, 0.6) is 5.75 Å². The van der Waals surface area contributed by atoms with E-state index in [4.69, 9.17) is 16.3 Å². The Labute approximate surface area is 195 Å². The van der Waals surface area contributed by atoms with Gasteiger partial charge in [0.2, 0.25) is 0 Å². The van der Waals surface area contributed by atoms with Crippen molar-refractivity contribution in [3.05, 3.63) is 93.0 Å². The number of carbonyl (C=O) groups excluding carboxylic acids is 1. The molecule has 0 aliphatic rings. The van der Waals surface area contributed by atoms with Crippen LogP contribution < -0.4 is 14.8 Å². The maximum absolute atomic E-state index is 12.7. The van der Waals surface area contributed by atoms with E-state index < -0.39 is 14.9 Å². The zero-order chi connectivity index (χ0) is 24.0. The van der Waals surface area contributed by atoms with Crippen molar-refractivity contribution in [3.63, 3.8) is 0 Å². The van der Waals surface area contributed by atoms with E-state index in [1.165, 1.54) is 43.5 Å². The number of ether oxygens (including phenoxy) is 1. The Hall–Kier alpha value is -3.63. The van der Waals surface area contributed by atoms with Gasteiger partial charge in [-0.05, 0) is 54.4 Å². The molecule has 3 aromatic carbocycles. The van der Waals surface area contributed by atoms with Crippen LogP contribution in [0.1, 0.15) is 15.9 Å². The number of hydrogen-bond acceptors (Lipinski definition) is 6. The fraction of sp³-hybridized carbons (Fsp3) is 0.136. The predicted molar refractivity (Wildman–Crippen MR) is 124 cm³/mol. The van der Waals surface area contributed by atoms with E-state index in [1.54, 1.807) is 6.07 Å². The molecule has 0 aromatic heterocycles. The van der Waals surface area contributed by atoms with Gasteiger partial charge in [-0.2, -0.15) is 0 Å². The van der Waals surface area contributed by atoms with Crippen LogP contribution in [0.15, 0.2) is 71.6 Å². The molecule has 0 heterocycles. The summed E-state index contributed by atoms with van der Waals surface area (Å²) in [5.74, 6) is -0.228. The Morgan fingerprint density at radius 2 is 1.82 bits per heavy atom. The van der Waals surface area contributed by atoms with Crippen LogP contribution in [0.4, 0.5) is 11.4 Å². The number of benzene rings is 3. The van der Waals surface area contributed by atoms with Crippen LogP contribution in [0.2, 0.25) is 5.02 Å². The second-order valence-electron chi connectivity index (χ2n) is 6.91. The SMILES string of the molecule is COc1ccc([N+](=O)[O-])cc1NS(=O)(=O)c1ccc(C(=O)NCCc2cccc(Cl)c2)cc1. The number of anilines is 1. The molecule has 0 aliphatic carbocycles. The van der Waals surface area contributed by atoms with Gasteiger partial charge in [-0.1, -0.05) is 23.7 Å². The van der Waals surface area contributed by atoms with Crippen molar-refractivity contribution in [1.82, 2.24) is 5.32 Å². The highest BCUT2D eigenvalue weighted by atomic mass is 35.5. The van der Waals surface area contributed by atoms with Gasteiger partial charge in [0.1, 0.15) is 5.75 Å². The van der Waals surface area contributed by atoms with Gasteiger partial charge >= 0.3 is 0 Å². The van der Waals surface area contributed by atoms with E-state index in [-0.39, 0.29) is 33.5 Å². The van der Waals surface area contributed by atoms with Crippen LogP contribution in [0.25, 0.3) is 0 Å². The van der Waals surface area contributed by atoms with E-state index in [0.29, 0.717) is 18.0 Å². The molecule has 3 rings (SSSR count). The summed E-state index contributed by atoms with van der Waals surface area (Å²) in [6.45, 7) is 0.382. The summed E-state index contributed by atoms with van der Waals surface area (Å²) >= 11 is 5.94. The molecular weight excluding hydrogens is 470 g/mol. The molecular formula is C22H20ClN3O6S. The molecule has 0 saturated heterocycles. The Bertz CT molecular complexity index is 1280. The average Bonchev–Trinajstić information content (AvgIpc) is 2.79. The number of nitrogens with zero attached hydrogens (tertiary/aromatic N) is 1. The van der Waals surface area contributed by atoms with Crippen LogP contribution in [-0.4, -0.2) is 32.9 Å². The first-order valence-corrected chi connectivity index (χ1v) is 11.5. The summed E-state index contributed by atoms with van der Waals surface area (Å²) in [7, 11) is -2.77. The van der Waals surface area contributed by atoms with Crippen LogP contribution in [-0.2, 0) is 16.4 Å². The number of nitro groups is 1. The Morgan fingerprint density at radius 1 is 1.09 bits per heavy atom. The first-order valence-electron chi connectivity index (χ1n) is 9.67. The number of nitro benzene ring substituents is 1. The minimum Gasteiger partial charge on any atom is -0.495 e. The summed E-state index contributed by atoms with van der Waals surface area (Å²) in [5, 5.41) is 14.4. The highest BCUT2D eigenvalue weighted by molar-refractivity contribution is 7.92. The van der Waals surface area contributed by atoms with Crippen molar-refractivity contribution >= 4 is 38.9 Å². The number of amides is 1. The van der Waals surface area contributed by atoms with Crippen LogP contribution in [0.3, 0.4) is 0 Å². The topological polar surface area (TPSA) is 128 Å². The standard InChI is InChI=1S/C22H20ClN3O6S/c1-32-21-10-7-18(26(28)29)14-20(21)25-33(30,31)19-8-5-16(6-9-19)22(27)24-12-11-15-3-2-4-17(23)13-15/h2-10,13-14,25H,11-12H2,1H3,(H,24,27). The van der Waals surface area contributed by atoms with Crippen molar-refractivity contribution < 1.29 is 22.9 Å². The maximum Gasteiger partial charge on any atom is 0.271 e. The molecule has 0 radical (unpaired) electrons. The van der Waals surface area contributed by atoms with Gasteiger partial charge in [0.25, 0.3) is 21.6 Å². The van der Waals surface area contributed by atoms with E-state index in [2.05, 4.69) is 10.0 Å². The quantitative estimate of drug-likeness (QED) is 0.345. The molecule has 1 amide bonds. The molecule has 11 heteroatoms. The maximum atomic E-state index is 12.7. The van der Waals surface area contributed by atoms with Crippen molar-refractivity contribution in [2.75, 3.05) is 18.4 Å². The van der Waals surface area contributed by atoms with Crippen molar-refractivity contribution in [2.24, 2.45) is 0 Å². The molecule has 0 saturated carbocycles. The van der Waals surface area contributed by atoms with Gasteiger partial charge in [0, 0.05) is 29.3 Å². The molecule has 172 valence electrons. The van der Waals surface area contributed by atoms with Gasteiger partial charge in [-0.25, -0.2) is 8.42 Å². The largest absolute Gasteiger partial charge is 0.495 e. The van der Waals surface area contributed by atoms with Gasteiger partial charge in [0.15, 0.2) is 0 Å². The van der Waals surface area contributed by atoms with E-state index in [1.807, 2.05) is 18.2 Å². The zero-order valence-electron chi connectivity index (χ0n) is 17.4. The summed E-state index contributed by atoms with van der Waals surface area (Å²) in [6.07, 6.45) is 0.591. The number of methoxy groups -OCH3 is 1. The molecule has 33 heavy (non-hydrogen) atoms. The van der Waals surface area contributed by atoms with Crippen LogP contribution >= 0.6 is 11.6 Å². The van der Waals surface area contributed by atoms with E-state index in [9.17, 15) is 23.3 Å². The minimum atomic E-state index is -4.08. The Morgan fingerprint density at radius 3 is 2.45 bits per heavy atom. The number of non-ortho nitro benzene ring substituents is 1. The molecule has 0 bridgehead atoms. The van der Waals surface area contributed by atoms with Gasteiger partial charge in [-0.15, -0.1) is 0 Å². The molecule has 0 aliphatic heterocycles. The number of sulfonamides is 1. The van der Waals surface area contributed by atoms with Gasteiger partial charge in [-0.3, -0.25) is 19.6 Å². The van der Waals surface area contributed by atoms with Gasteiger partial charge < -0.3 is 10.1 Å². The van der Waals surface area contributed by atoms with Crippen molar-refractivity contribution in [2.45, 2.75) is 11.3 Å². The molecule has 0 spiro atoms. The smallest absolute Gasteiger partial charge is 0.271 e. The van der Waals surface area contributed by atoms with Crippen LogP contribution in [0, 0.1) is 10.1 Å². The van der Waals surface area contributed by atoms with Crippen molar-refractivity contribution in [3.8, 4) is 5.75 Å². The average molecular weight is 490 g/mol. The second kappa shape index (κ2) is 10.3. The Balaban J connectivity index is 1.68. The lowest BCUT2D eigenvalue weighted by Crippen LogP contribution is -2.25. The zero-order valence-corrected chi connectivity index (χ0v) is 19.0. The number of rotatable bonds is 9. The molecule has 0 unspecified atom stereocenters. The predicted octanol–water partition coefficient (Wildman–Crippen LogP) is 4.03. The third-order valence-electron chi connectivity index (χ3n) is 4.65. The lowest BCUT2D eigenvalue weighted by Gasteiger charge is -2.12. The third kappa shape index (κ3) is 6.21. The summed E-state index contributed by atoms with van der Waals surface area (Å²) in [4.78, 5) is 22.6. The monoisotopic (exact) mass is 489 g/mol. The third-order valence-corrected chi connectivity index (χ3v) is 6.27. The Kier molecular flexibility index (Phi) is 7.52. The number of hydrogen-bond donors (Lipinski definition) is 2. The molecule has 0 fully saturated rings. The van der Waals surface area contributed by atoms with E-state index in [0.717, 1.165) is 11.6 Å². The first kappa shape index (κ1) is 24.0. The second-order valence-corrected chi connectivity index (χ2v) is 9.03. The summed E-state index contributed by atoms with van der Waals surface area (Å²) in [6, 6.07) is 16.2. The molecule has 9 nitrogen and oxygen atoms in total. The van der Waals surface area contributed by atoms with Crippen molar-refractivity contribution in [1.29, 1.82) is 0 Å². The lowest BCUT2D eigenvalue weighted by molar-refractivity contribution is -0.384. The lowest BCUT2D eigenvalue weighted by atomic mass is 10.1. The highest BCUT2D eigenvalue weighted by Gasteiger charge is 2.20. The first-order chi connectivity index (χ1) is 15.7. The fourth-order valence-corrected chi connectivity index (χ4v) is 4.27. The number of halogens is 1. The minimum absolute atomic E-state index is 0.0745. The summed E-state index contributed by atoms with van der Waals surface area (Å²) < 4.78 is 32.8. The number of carbonyl (C=O) groups is 1. The van der Waals surface area contributed by atoms with E-state index >= 15 is 0 Å².